The van der Waals surface area contributed by atoms with Crippen molar-refractivity contribution in [1.82, 2.24) is 4.90 Å². The summed E-state index contributed by atoms with van der Waals surface area (Å²) in [6.07, 6.45) is -6.32. The van der Waals surface area contributed by atoms with Gasteiger partial charge in [0.1, 0.15) is 24.5 Å². The van der Waals surface area contributed by atoms with Crippen LogP contribution >= 0.6 is 0 Å². The average Bonchev–Trinajstić information content (AvgIpc) is 2.39. The first-order valence-corrected chi connectivity index (χ1v) is 7.40. The van der Waals surface area contributed by atoms with Gasteiger partial charge in [-0.25, -0.2) is 8.42 Å². The minimum absolute atomic E-state index is 0.221. The van der Waals surface area contributed by atoms with Crippen molar-refractivity contribution in [2.24, 2.45) is 0 Å². The lowest BCUT2D eigenvalue weighted by Gasteiger charge is -2.46. The fourth-order valence-corrected chi connectivity index (χ4v) is 2.65. The lowest BCUT2D eigenvalue weighted by Crippen LogP contribution is -2.67. The molecule has 1 saturated heterocycles. The number of hydrogen-bond acceptors (Lipinski definition) is 8. The zero-order valence-electron chi connectivity index (χ0n) is 10.2. The summed E-state index contributed by atoms with van der Waals surface area (Å²) in [6.45, 7) is 2.32. The Bertz CT molecular complexity index is 412. The van der Waals surface area contributed by atoms with Crippen LogP contribution in [0.5, 0.6) is 0 Å². The minimum Gasteiger partial charge on any atom is -0.395 e. The highest BCUT2D eigenvalue weighted by atomic mass is 32.2. The molecule has 5 atom stereocenters. The first-order chi connectivity index (χ1) is 8.75. The fraction of sp³-hybridized carbons (Fsp3) is 0.800. The Morgan fingerprint density at radius 2 is 1.68 bits per heavy atom. The lowest BCUT2D eigenvalue weighted by molar-refractivity contribution is -0.221. The van der Waals surface area contributed by atoms with Crippen molar-refractivity contribution in [3.8, 4) is 0 Å². The van der Waals surface area contributed by atoms with Crippen molar-refractivity contribution >= 4 is 9.84 Å². The van der Waals surface area contributed by atoms with Gasteiger partial charge in [-0.15, -0.1) is 0 Å². The second-order valence-electron chi connectivity index (χ2n) is 4.41. The molecule has 0 bridgehead atoms. The highest BCUT2D eigenvalue weighted by Gasteiger charge is 2.46. The van der Waals surface area contributed by atoms with Crippen LogP contribution in [-0.4, -0.2) is 88.3 Å². The molecule has 0 saturated carbocycles. The summed E-state index contributed by atoms with van der Waals surface area (Å²) in [4.78, 5) is 1.04. The smallest absolute Gasteiger partial charge is 0.172 e. The van der Waals surface area contributed by atoms with E-state index >= 15 is 0 Å². The van der Waals surface area contributed by atoms with E-state index in [-0.39, 0.29) is 12.3 Å². The maximum Gasteiger partial charge on any atom is 0.172 e. The summed E-state index contributed by atoms with van der Waals surface area (Å²) in [5, 5.41) is 48.4. The van der Waals surface area contributed by atoms with Crippen molar-refractivity contribution < 1.29 is 34.0 Å². The number of sulfone groups is 1. The average molecular weight is 297 g/mol. The predicted molar refractivity (Wildman–Crippen MR) is 65.6 cm³/mol. The number of nitrogens with zero attached hydrogens (tertiary/aromatic N) is 1. The SMILES string of the molecule is C=CS(=O)(=O)CCN1C(O)[C@H](O)[C@@H](O)[C@H](O)[C@H]1CO. The molecule has 0 aromatic heterocycles. The van der Waals surface area contributed by atoms with Gasteiger partial charge in [-0.1, -0.05) is 6.58 Å². The van der Waals surface area contributed by atoms with E-state index in [1.54, 1.807) is 0 Å². The second-order valence-corrected chi connectivity index (χ2v) is 6.47. The van der Waals surface area contributed by atoms with E-state index in [1.165, 1.54) is 0 Å². The monoisotopic (exact) mass is 297 g/mol. The Balaban J connectivity index is 2.86. The zero-order chi connectivity index (χ0) is 14.8. The summed E-state index contributed by atoms with van der Waals surface area (Å²) < 4.78 is 22.6. The molecule has 1 rings (SSSR count). The number of likely N-dealkylation sites (tertiary alicyclic amines) is 1. The molecule has 0 aromatic carbocycles. The third-order valence-electron chi connectivity index (χ3n) is 3.24. The molecule has 19 heavy (non-hydrogen) atoms. The van der Waals surface area contributed by atoms with Crippen molar-refractivity contribution in [3.05, 3.63) is 12.0 Å². The molecule has 1 aliphatic rings. The van der Waals surface area contributed by atoms with Gasteiger partial charge in [-0.05, 0) is 0 Å². The molecule has 8 nitrogen and oxygen atoms in total. The number of aliphatic hydroxyl groups is 5. The summed E-state index contributed by atoms with van der Waals surface area (Å²) in [7, 11) is -3.52. The van der Waals surface area contributed by atoms with Crippen LogP contribution in [0.4, 0.5) is 0 Å². The Kier molecular flexibility index (Phi) is 5.44. The highest BCUT2D eigenvalue weighted by Crippen LogP contribution is 2.23. The molecule has 112 valence electrons. The molecule has 1 unspecified atom stereocenters. The minimum atomic E-state index is -3.52. The fourth-order valence-electron chi connectivity index (χ4n) is 2.02. The Labute approximate surface area is 111 Å². The van der Waals surface area contributed by atoms with Crippen LogP contribution < -0.4 is 0 Å². The van der Waals surface area contributed by atoms with Crippen LogP contribution in [-0.2, 0) is 9.84 Å². The number of rotatable bonds is 5. The highest BCUT2D eigenvalue weighted by molar-refractivity contribution is 7.94. The molecule has 5 N–H and O–H groups in total. The zero-order valence-corrected chi connectivity index (χ0v) is 11.0. The van der Waals surface area contributed by atoms with Gasteiger partial charge in [0.2, 0.25) is 0 Å². The van der Waals surface area contributed by atoms with E-state index < -0.39 is 47.0 Å². The molecule has 0 spiro atoms. The van der Waals surface area contributed by atoms with Crippen molar-refractivity contribution in [2.75, 3.05) is 18.9 Å². The Morgan fingerprint density at radius 1 is 1.11 bits per heavy atom. The first kappa shape index (κ1) is 16.5. The molecular formula is C10H19NO7S. The lowest BCUT2D eigenvalue weighted by atomic mass is 9.93. The molecule has 0 aliphatic carbocycles. The van der Waals surface area contributed by atoms with Gasteiger partial charge in [0.25, 0.3) is 0 Å². The van der Waals surface area contributed by atoms with E-state index in [4.69, 9.17) is 5.11 Å². The van der Waals surface area contributed by atoms with Gasteiger partial charge in [0, 0.05) is 12.0 Å². The molecule has 0 radical (unpaired) electrons. The predicted octanol–water partition coefficient (Wildman–Crippen LogP) is -3.38. The molecular weight excluding hydrogens is 278 g/mol. The van der Waals surface area contributed by atoms with Crippen LogP contribution in [0.15, 0.2) is 12.0 Å². The van der Waals surface area contributed by atoms with Crippen molar-refractivity contribution in [3.63, 3.8) is 0 Å². The number of aliphatic hydroxyl groups excluding tert-OH is 5. The Hall–Kier alpha value is -0.550. The van der Waals surface area contributed by atoms with Crippen LogP contribution in [0.1, 0.15) is 0 Å². The topological polar surface area (TPSA) is 139 Å². The molecule has 9 heteroatoms. The van der Waals surface area contributed by atoms with Gasteiger partial charge >= 0.3 is 0 Å². The molecule has 0 amide bonds. The molecule has 1 fully saturated rings. The van der Waals surface area contributed by atoms with E-state index in [1.807, 2.05) is 0 Å². The van der Waals surface area contributed by atoms with Gasteiger partial charge < -0.3 is 25.5 Å². The van der Waals surface area contributed by atoms with Gasteiger partial charge in [0.15, 0.2) is 9.84 Å². The number of hydrogen-bond donors (Lipinski definition) is 5. The third kappa shape index (κ3) is 3.51. The summed E-state index contributed by atoms with van der Waals surface area (Å²) in [5.74, 6) is -0.389. The standard InChI is InChI=1S/C10H19NO7S/c1-2-19(17,18)4-3-11-6(5-12)7(13)8(14)9(15)10(11)16/h2,6-10,12-16H,1,3-5H2/t6-,7-,8+,9-,10?/m1/s1. The normalized spacial score (nSPS) is 37.2. The van der Waals surface area contributed by atoms with Crippen molar-refractivity contribution in [1.29, 1.82) is 0 Å². The maximum atomic E-state index is 11.3. The molecule has 1 aliphatic heterocycles. The van der Waals surface area contributed by atoms with Gasteiger partial charge in [-0.3, -0.25) is 4.90 Å². The van der Waals surface area contributed by atoms with Crippen molar-refractivity contribution in [2.45, 2.75) is 30.6 Å². The van der Waals surface area contributed by atoms with Crippen LogP contribution in [0.2, 0.25) is 0 Å². The quantitative estimate of drug-likeness (QED) is 0.354. The first-order valence-electron chi connectivity index (χ1n) is 5.69. The Morgan fingerprint density at radius 3 is 2.16 bits per heavy atom. The summed E-state index contributed by atoms with van der Waals surface area (Å²) in [5.41, 5.74) is 0. The van der Waals surface area contributed by atoms with Crippen LogP contribution in [0.25, 0.3) is 0 Å². The largest absolute Gasteiger partial charge is 0.395 e. The third-order valence-corrected chi connectivity index (χ3v) is 4.50. The summed E-state index contributed by atoms with van der Waals surface area (Å²) in [6, 6.07) is -1.06. The van der Waals surface area contributed by atoms with Gasteiger partial charge in [0.05, 0.1) is 18.4 Å². The van der Waals surface area contributed by atoms with Crippen LogP contribution in [0, 0.1) is 0 Å². The maximum absolute atomic E-state index is 11.3. The second kappa shape index (κ2) is 6.27. The van der Waals surface area contributed by atoms with E-state index in [0.29, 0.717) is 0 Å². The van der Waals surface area contributed by atoms with E-state index in [2.05, 4.69) is 6.58 Å². The molecule has 0 aromatic rings. The van der Waals surface area contributed by atoms with Gasteiger partial charge in [-0.2, -0.15) is 0 Å². The molecule has 1 heterocycles. The van der Waals surface area contributed by atoms with E-state index in [9.17, 15) is 28.8 Å². The van der Waals surface area contributed by atoms with E-state index in [0.717, 1.165) is 10.3 Å². The summed E-state index contributed by atoms with van der Waals surface area (Å²) >= 11 is 0. The number of piperidine rings is 1. The van der Waals surface area contributed by atoms with Crippen LogP contribution in [0.3, 0.4) is 0 Å².